The predicted octanol–water partition coefficient (Wildman–Crippen LogP) is 2.57. The number of carbonyl (C=O) groups is 1. The Hall–Kier alpha value is -3.35. The summed E-state index contributed by atoms with van der Waals surface area (Å²) in [4.78, 5) is 17.0. The molecule has 1 amide bonds. The monoisotopic (exact) mass is 350 g/mol. The Morgan fingerprint density at radius 3 is 2.85 bits per heavy atom. The highest BCUT2D eigenvalue weighted by Gasteiger charge is 2.16. The van der Waals surface area contributed by atoms with E-state index in [1.54, 1.807) is 11.3 Å². The molecule has 2 aromatic heterocycles. The van der Waals surface area contributed by atoms with Crippen molar-refractivity contribution < 1.29 is 14.3 Å². The first kappa shape index (κ1) is 16.1. The van der Waals surface area contributed by atoms with Crippen LogP contribution >= 0.6 is 0 Å². The third-order valence-corrected chi connectivity index (χ3v) is 4.20. The molecule has 1 aliphatic rings. The van der Waals surface area contributed by atoms with Gasteiger partial charge < -0.3 is 9.47 Å². The maximum Gasteiger partial charge on any atom is 0.290 e. The van der Waals surface area contributed by atoms with E-state index in [2.05, 4.69) is 15.5 Å². The van der Waals surface area contributed by atoms with E-state index < -0.39 is 0 Å². The molecule has 0 atom stereocenters. The molecule has 0 saturated carbocycles. The fourth-order valence-corrected chi connectivity index (χ4v) is 2.91. The molecule has 1 N–H and O–H groups in total. The Labute approximate surface area is 150 Å². The number of carbonyl (C=O) groups excluding carboxylic acids is 1. The number of hydrogen-bond acceptors (Lipinski definition) is 5. The number of amides is 1. The molecular formula is C19H18N4O3. The summed E-state index contributed by atoms with van der Waals surface area (Å²) >= 11 is 0. The predicted molar refractivity (Wildman–Crippen MR) is 97.0 cm³/mol. The van der Waals surface area contributed by atoms with E-state index in [1.807, 2.05) is 49.5 Å². The Morgan fingerprint density at radius 2 is 2.00 bits per heavy atom. The van der Waals surface area contributed by atoms with Gasteiger partial charge in [0.2, 0.25) is 0 Å². The number of fused-ring (bicyclic) bond motifs is 2. The largest absolute Gasteiger partial charge is 0.486 e. The highest BCUT2D eigenvalue weighted by atomic mass is 16.6. The number of imidazole rings is 1. The zero-order valence-electron chi connectivity index (χ0n) is 14.5. The van der Waals surface area contributed by atoms with Gasteiger partial charge in [-0.2, -0.15) is 5.10 Å². The maximum atomic E-state index is 12.6. The van der Waals surface area contributed by atoms with E-state index in [1.165, 1.54) is 0 Å². The van der Waals surface area contributed by atoms with Crippen molar-refractivity contribution in [1.82, 2.24) is 14.8 Å². The highest BCUT2D eigenvalue weighted by Crippen LogP contribution is 2.30. The fraction of sp³-hybridized carbons (Fsp3) is 0.211. The van der Waals surface area contributed by atoms with Crippen LogP contribution in [0.15, 0.2) is 47.7 Å². The SMILES string of the molecule is CC(=NNC(=O)c1c(C)nc2ccccn12)c1ccc2c(c1)OCCO2. The Balaban J connectivity index is 1.57. The van der Waals surface area contributed by atoms with Crippen LogP contribution in [0, 0.1) is 6.92 Å². The summed E-state index contributed by atoms with van der Waals surface area (Å²) < 4.78 is 12.8. The van der Waals surface area contributed by atoms with E-state index >= 15 is 0 Å². The number of aromatic nitrogens is 2. The quantitative estimate of drug-likeness (QED) is 0.582. The van der Waals surface area contributed by atoms with Gasteiger partial charge in [0.15, 0.2) is 11.5 Å². The molecule has 0 aliphatic carbocycles. The molecule has 0 spiro atoms. The number of benzene rings is 1. The van der Waals surface area contributed by atoms with Crippen molar-refractivity contribution in [2.24, 2.45) is 5.10 Å². The highest BCUT2D eigenvalue weighted by molar-refractivity contribution is 6.01. The van der Waals surface area contributed by atoms with E-state index in [9.17, 15) is 4.79 Å². The zero-order valence-corrected chi connectivity index (χ0v) is 14.5. The zero-order chi connectivity index (χ0) is 18.1. The van der Waals surface area contributed by atoms with Gasteiger partial charge in [-0.1, -0.05) is 6.07 Å². The van der Waals surface area contributed by atoms with Gasteiger partial charge in [-0.15, -0.1) is 0 Å². The van der Waals surface area contributed by atoms with Gasteiger partial charge in [-0.25, -0.2) is 10.4 Å². The van der Waals surface area contributed by atoms with Gasteiger partial charge in [0.25, 0.3) is 5.91 Å². The fourth-order valence-electron chi connectivity index (χ4n) is 2.91. The molecular weight excluding hydrogens is 332 g/mol. The van der Waals surface area contributed by atoms with Crippen LogP contribution in [0.1, 0.15) is 28.7 Å². The van der Waals surface area contributed by atoms with Gasteiger partial charge in [0.05, 0.1) is 11.4 Å². The second-order valence-electron chi connectivity index (χ2n) is 5.97. The molecule has 4 rings (SSSR count). The number of rotatable bonds is 3. The lowest BCUT2D eigenvalue weighted by atomic mass is 10.1. The Morgan fingerprint density at radius 1 is 1.19 bits per heavy atom. The van der Waals surface area contributed by atoms with Crippen LogP contribution in [-0.4, -0.2) is 34.2 Å². The third kappa shape index (κ3) is 2.88. The molecule has 7 heteroatoms. The first-order valence-corrected chi connectivity index (χ1v) is 8.32. The van der Waals surface area contributed by atoms with Gasteiger partial charge in [-0.05, 0) is 44.2 Å². The van der Waals surface area contributed by atoms with Crippen molar-refractivity contribution in [3.05, 3.63) is 59.5 Å². The van der Waals surface area contributed by atoms with Crippen molar-refractivity contribution in [2.45, 2.75) is 13.8 Å². The molecule has 7 nitrogen and oxygen atoms in total. The summed E-state index contributed by atoms with van der Waals surface area (Å²) in [5.41, 5.74) is 5.98. The molecule has 0 saturated heterocycles. The summed E-state index contributed by atoms with van der Waals surface area (Å²) in [6.45, 7) is 4.71. The molecule has 3 aromatic rings. The van der Waals surface area contributed by atoms with Crippen molar-refractivity contribution in [1.29, 1.82) is 0 Å². The van der Waals surface area contributed by atoms with Crippen molar-refractivity contribution in [2.75, 3.05) is 13.2 Å². The van der Waals surface area contributed by atoms with Crippen LogP contribution in [0.25, 0.3) is 5.65 Å². The van der Waals surface area contributed by atoms with Crippen LogP contribution in [0.4, 0.5) is 0 Å². The molecule has 3 heterocycles. The van der Waals surface area contributed by atoms with E-state index in [4.69, 9.17) is 9.47 Å². The summed E-state index contributed by atoms with van der Waals surface area (Å²) in [6, 6.07) is 11.2. The summed E-state index contributed by atoms with van der Waals surface area (Å²) in [6.07, 6.45) is 1.81. The Kier molecular flexibility index (Phi) is 4.04. The molecule has 132 valence electrons. The normalized spacial score (nSPS) is 13.7. The van der Waals surface area contributed by atoms with Crippen molar-refractivity contribution >= 4 is 17.3 Å². The summed E-state index contributed by atoms with van der Waals surface area (Å²) in [7, 11) is 0. The van der Waals surface area contributed by atoms with Gasteiger partial charge in [0, 0.05) is 11.8 Å². The van der Waals surface area contributed by atoms with Gasteiger partial charge in [0.1, 0.15) is 24.6 Å². The minimum atomic E-state index is -0.307. The first-order valence-electron chi connectivity index (χ1n) is 8.32. The van der Waals surface area contributed by atoms with E-state index in [0.29, 0.717) is 36.1 Å². The summed E-state index contributed by atoms with van der Waals surface area (Å²) in [5, 5.41) is 4.23. The molecule has 0 unspecified atom stereocenters. The van der Waals surface area contributed by atoms with Crippen molar-refractivity contribution in [3.8, 4) is 11.5 Å². The number of nitrogens with zero attached hydrogens (tertiary/aromatic N) is 3. The summed E-state index contributed by atoms with van der Waals surface area (Å²) in [5.74, 6) is 1.10. The van der Waals surface area contributed by atoms with E-state index in [0.717, 1.165) is 17.0 Å². The molecule has 0 fully saturated rings. The Bertz CT molecular complexity index is 1020. The van der Waals surface area contributed by atoms with Crippen LogP contribution in [0.5, 0.6) is 11.5 Å². The molecule has 1 aliphatic heterocycles. The number of pyridine rings is 1. The van der Waals surface area contributed by atoms with Crippen molar-refractivity contribution in [3.63, 3.8) is 0 Å². The molecule has 0 radical (unpaired) electrons. The number of aryl methyl sites for hydroxylation is 1. The maximum absolute atomic E-state index is 12.6. The minimum Gasteiger partial charge on any atom is -0.486 e. The third-order valence-electron chi connectivity index (χ3n) is 4.20. The lowest BCUT2D eigenvalue weighted by Gasteiger charge is -2.18. The minimum absolute atomic E-state index is 0.307. The second-order valence-corrected chi connectivity index (χ2v) is 5.97. The first-order chi connectivity index (χ1) is 12.6. The number of nitrogens with one attached hydrogen (secondary N) is 1. The van der Waals surface area contributed by atoms with Gasteiger partial charge in [-0.3, -0.25) is 9.20 Å². The smallest absolute Gasteiger partial charge is 0.290 e. The number of hydrogen-bond donors (Lipinski definition) is 1. The topological polar surface area (TPSA) is 77.2 Å². The average Bonchev–Trinajstić information content (AvgIpc) is 3.01. The van der Waals surface area contributed by atoms with E-state index in [-0.39, 0.29) is 5.91 Å². The lowest BCUT2D eigenvalue weighted by Crippen LogP contribution is -2.22. The molecule has 26 heavy (non-hydrogen) atoms. The lowest BCUT2D eigenvalue weighted by molar-refractivity contribution is 0.0948. The van der Waals surface area contributed by atoms with Crippen LogP contribution in [-0.2, 0) is 0 Å². The molecule has 0 bridgehead atoms. The molecule has 1 aromatic carbocycles. The number of ether oxygens (including phenoxy) is 2. The number of hydrazone groups is 1. The van der Waals surface area contributed by atoms with Crippen LogP contribution < -0.4 is 14.9 Å². The van der Waals surface area contributed by atoms with Crippen LogP contribution in [0.3, 0.4) is 0 Å². The standard InChI is InChI=1S/C19H18N4O3/c1-12(14-6-7-15-16(11-14)26-10-9-25-15)21-22-19(24)18-13(2)20-17-5-3-4-8-23(17)18/h3-8,11H,9-10H2,1-2H3,(H,22,24). The van der Waals surface area contributed by atoms with Gasteiger partial charge >= 0.3 is 0 Å². The second kappa shape index (κ2) is 6.51. The average molecular weight is 350 g/mol. The van der Waals surface area contributed by atoms with Crippen LogP contribution in [0.2, 0.25) is 0 Å².